The topological polar surface area (TPSA) is 35.2 Å². The normalized spacial score (nSPS) is 35.0. The summed E-state index contributed by atoms with van der Waals surface area (Å²) in [7, 11) is 0. The molecule has 5 atom stereocenters. The lowest BCUT2D eigenvalue weighted by atomic mass is 9.72. The lowest BCUT2D eigenvalue weighted by Gasteiger charge is -2.39. The minimum atomic E-state index is 0.167. The lowest BCUT2D eigenvalue weighted by molar-refractivity contribution is 0.109. The molecule has 5 unspecified atom stereocenters. The molecule has 2 nitrogen and oxygen atoms in total. The fraction of sp³-hybridized carbons (Fsp3) is 0.647. The van der Waals surface area contributed by atoms with Crippen molar-refractivity contribution in [1.29, 1.82) is 0 Å². The fourth-order valence-corrected chi connectivity index (χ4v) is 4.54. The number of thioether (sulfide) groups is 1. The Bertz CT molecular complexity index is 464. The van der Waals surface area contributed by atoms with Gasteiger partial charge >= 0.3 is 0 Å². The van der Waals surface area contributed by atoms with Crippen LogP contribution >= 0.6 is 11.8 Å². The first-order chi connectivity index (χ1) is 9.65. The molecular weight excluding hydrogens is 266 g/mol. The van der Waals surface area contributed by atoms with E-state index in [-0.39, 0.29) is 12.1 Å². The highest BCUT2D eigenvalue weighted by Crippen LogP contribution is 2.39. The molecule has 1 aliphatic carbocycles. The predicted octanol–water partition coefficient (Wildman–Crippen LogP) is 3.94. The van der Waals surface area contributed by atoms with E-state index in [1.54, 1.807) is 0 Å². The molecule has 1 aromatic carbocycles. The van der Waals surface area contributed by atoms with Crippen molar-refractivity contribution in [2.45, 2.75) is 50.2 Å². The smallest absolute Gasteiger partial charge is 0.133 e. The number of nitrogens with two attached hydrogens (primary N) is 1. The molecule has 0 spiro atoms. The van der Waals surface area contributed by atoms with E-state index < -0.39 is 0 Å². The van der Waals surface area contributed by atoms with Crippen LogP contribution in [0.4, 0.5) is 0 Å². The molecule has 110 valence electrons. The van der Waals surface area contributed by atoms with Gasteiger partial charge in [-0.2, -0.15) is 0 Å². The molecular formula is C17H25NOS. The van der Waals surface area contributed by atoms with Gasteiger partial charge in [0.05, 0.1) is 0 Å². The molecule has 0 saturated heterocycles. The third kappa shape index (κ3) is 2.84. The Hall–Kier alpha value is -0.670. The Morgan fingerprint density at radius 3 is 2.80 bits per heavy atom. The molecule has 0 aromatic heterocycles. The number of hydrogen-bond acceptors (Lipinski definition) is 3. The van der Waals surface area contributed by atoms with E-state index in [4.69, 9.17) is 10.5 Å². The van der Waals surface area contributed by atoms with Crippen molar-refractivity contribution < 1.29 is 4.74 Å². The summed E-state index contributed by atoms with van der Waals surface area (Å²) in [6.07, 6.45) is 4.00. The average molecular weight is 291 g/mol. The number of rotatable bonds is 2. The molecule has 20 heavy (non-hydrogen) atoms. The van der Waals surface area contributed by atoms with E-state index in [0.29, 0.717) is 5.92 Å². The van der Waals surface area contributed by atoms with E-state index in [9.17, 15) is 0 Å². The first-order valence-corrected chi connectivity index (χ1v) is 8.77. The van der Waals surface area contributed by atoms with E-state index in [1.807, 2.05) is 17.8 Å². The van der Waals surface area contributed by atoms with Crippen LogP contribution in [0, 0.1) is 17.8 Å². The highest BCUT2D eigenvalue weighted by Gasteiger charge is 2.35. The molecule has 1 saturated carbocycles. The van der Waals surface area contributed by atoms with Gasteiger partial charge in [-0.1, -0.05) is 32.4 Å². The van der Waals surface area contributed by atoms with Gasteiger partial charge in [0, 0.05) is 16.7 Å². The first-order valence-electron chi connectivity index (χ1n) is 7.79. The molecule has 0 bridgehead atoms. The van der Waals surface area contributed by atoms with E-state index >= 15 is 0 Å². The standard InChI is InChI=1S/C17H25NOS/c1-11-7-8-13(9-12(11)2)17(18)15-10-20-16-6-4-3-5-14(16)19-15/h3-6,11-13,15,17H,7-10,18H2,1-2H3. The van der Waals surface area contributed by atoms with Crippen LogP contribution in [-0.2, 0) is 0 Å². The van der Waals surface area contributed by atoms with Crippen molar-refractivity contribution in [3.8, 4) is 5.75 Å². The van der Waals surface area contributed by atoms with Crippen molar-refractivity contribution in [3.63, 3.8) is 0 Å². The van der Waals surface area contributed by atoms with Crippen molar-refractivity contribution >= 4 is 11.8 Å². The maximum absolute atomic E-state index is 6.55. The summed E-state index contributed by atoms with van der Waals surface area (Å²) in [6.45, 7) is 4.74. The van der Waals surface area contributed by atoms with Crippen molar-refractivity contribution in [2.75, 3.05) is 5.75 Å². The Balaban J connectivity index is 1.65. The summed E-state index contributed by atoms with van der Waals surface area (Å²) < 4.78 is 6.16. The van der Waals surface area contributed by atoms with Crippen LogP contribution in [0.1, 0.15) is 33.1 Å². The van der Waals surface area contributed by atoms with Gasteiger partial charge in [0.1, 0.15) is 11.9 Å². The summed E-state index contributed by atoms with van der Waals surface area (Å²) in [4.78, 5) is 1.25. The van der Waals surface area contributed by atoms with Gasteiger partial charge in [-0.25, -0.2) is 0 Å². The van der Waals surface area contributed by atoms with Gasteiger partial charge in [-0.15, -0.1) is 11.8 Å². The molecule has 0 radical (unpaired) electrons. The average Bonchev–Trinajstić information content (AvgIpc) is 2.49. The highest BCUT2D eigenvalue weighted by molar-refractivity contribution is 7.99. The second kappa shape index (κ2) is 5.98. The van der Waals surface area contributed by atoms with E-state index in [2.05, 4.69) is 32.0 Å². The van der Waals surface area contributed by atoms with Crippen LogP contribution in [0.5, 0.6) is 5.75 Å². The number of hydrogen-bond donors (Lipinski definition) is 1. The van der Waals surface area contributed by atoms with Crippen LogP contribution in [0.15, 0.2) is 29.2 Å². The largest absolute Gasteiger partial charge is 0.487 e. The Morgan fingerprint density at radius 1 is 1.20 bits per heavy atom. The predicted molar refractivity (Wildman–Crippen MR) is 85.2 cm³/mol. The molecule has 1 heterocycles. The summed E-state index contributed by atoms with van der Waals surface area (Å²) in [5.74, 6) is 4.26. The zero-order valence-electron chi connectivity index (χ0n) is 12.4. The van der Waals surface area contributed by atoms with Gasteiger partial charge in [-0.05, 0) is 42.7 Å². The zero-order chi connectivity index (χ0) is 14.1. The minimum absolute atomic E-state index is 0.167. The Labute approximate surface area is 126 Å². The third-order valence-corrected chi connectivity index (χ3v) is 6.29. The molecule has 1 aliphatic heterocycles. The van der Waals surface area contributed by atoms with E-state index in [0.717, 1.165) is 23.3 Å². The summed E-state index contributed by atoms with van der Waals surface area (Å²) >= 11 is 1.89. The zero-order valence-corrected chi connectivity index (χ0v) is 13.2. The van der Waals surface area contributed by atoms with Gasteiger partial charge in [0.15, 0.2) is 0 Å². The van der Waals surface area contributed by atoms with Gasteiger partial charge in [0.2, 0.25) is 0 Å². The van der Waals surface area contributed by atoms with Crippen LogP contribution in [0.3, 0.4) is 0 Å². The van der Waals surface area contributed by atoms with Crippen LogP contribution in [-0.4, -0.2) is 17.9 Å². The Morgan fingerprint density at radius 2 is 2.00 bits per heavy atom. The molecule has 0 amide bonds. The SMILES string of the molecule is CC1CCC(C(N)C2CSc3ccccc3O2)CC1C. The minimum Gasteiger partial charge on any atom is -0.487 e. The number of benzene rings is 1. The van der Waals surface area contributed by atoms with Crippen molar-refractivity contribution in [2.24, 2.45) is 23.5 Å². The number of ether oxygens (including phenoxy) is 1. The number of para-hydroxylation sites is 1. The number of fused-ring (bicyclic) bond motifs is 1. The highest BCUT2D eigenvalue weighted by atomic mass is 32.2. The summed E-state index contributed by atoms with van der Waals surface area (Å²) in [5, 5.41) is 0. The molecule has 2 N–H and O–H groups in total. The monoisotopic (exact) mass is 291 g/mol. The maximum Gasteiger partial charge on any atom is 0.133 e. The first kappa shape index (κ1) is 14.3. The second-order valence-electron chi connectivity index (χ2n) is 6.52. The Kier molecular flexibility index (Phi) is 4.27. The van der Waals surface area contributed by atoms with Crippen LogP contribution < -0.4 is 10.5 Å². The quantitative estimate of drug-likeness (QED) is 0.896. The fourth-order valence-electron chi connectivity index (χ4n) is 3.47. The molecule has 3 heteroatoms. The lowest BCUT2D eigenvalue weighted by Crippen LogP contribution is -2.48. The molecule has 1 fully saturated rings. The van der Waals surface area contributed by atoms with Crippen molar-refractivity contribution in [1.82, 2.24) is 0 Å². The van der Waals surface area contributed by atoms with Crippen molar-refractivity contribution in [3.05, 3.63) is 24.3 Å². The maximum atomic E-state index is 6.55. The van der Waals surface area contributed by atoms with Gasteiger partial charge in [-0.3, -0.25) is 0 Å². The summed E-state index contributed by atoms with van der Waals surface area (Å²) in [6, 6.07) is 8.47. The van der Waals surface area contributed by atoms with E-state index in [1.165, 1.54) is 24.2 Å². The van der Waals surface area contributed by atoms with Crippen LogP contribution in [0.2, 0.25) is 0 Å². The molecule has 3 rings (SSSR count). The molecule has 1 aromatic rings. The molecule has 2 aliphatic rings. The summed E-state index contributed by atoms with van der Waals surface area (Å²) in [5.41, 5.74) is 6.55. The second-order valence-corrected chi connectivity index (χ2v) is 7.58. The van der Waals surface area contributed by atoms with Crippen LogP contribution in [0.25, 0.3) is 0 Å². The third-order valence-electron chi connectivity index (χ3n) is 5.14. The van der Waals surface area contributed by atoms with Gasteiger partial charge in [0.25, 0.3) is 0 Å². The van der Waals surface area contributed by atoms with Gasteiger partial charge < -0.3 is 10.5 Å².